The molecule has 0 fully saturated rings. The van der Waals surface area contributed by atoms with Gasteiger partial charge in [0, 0.05) is 43.3 Å². The molecule has 0 bridgehead atoms. The van der Waals surface area contributed by atoms with Gasteiger partial charge in [0.1, 0.15) is 5.76 Å². The van der Waals surface area contributed by atoms with Gasteiger partial charge in [0.15, 0.2) is 0 Å². The third-order valence-electron chi connectivity index (χ3n) is 3.22. The van der Waals surface area contributed by atoms with Crippen molar-refractivity contribution in [3.05, 3.63) is 58.5 Å². The SMILES string of the molecule is O=C(NC[C@H](CO)Cc1ccco1)Nc1ccc([N+](=O)[O-])cc1. The molecular weight excluding hydrogens is 302 g/mol. The number of nitrogens with zero attached hydrogens (tertiary/aromatic N) is 1. The highest BCUT2D eigenvalue weighted by atomic mass is 16.6. The van der Waals surface area contributed by atoms with E-state index in [-0.39, 0.29) is 24.8 Å². The van der Waals surface area contributed by atoms with Gasteiger partial charge in [-0.15, -0.1) is 0 Å². The number of nitro groups is 1. The Morgan fingerprint density at radius 1 is 1.30 bits per heavy atom. The van der Waals surface area contributed by atoms with Gasteiger partial charge in [-0.05, 0) is 24.3 Å². The van der Waals surface area contributed by atoms with Gasteiger partial charge in [-0.3, -0.25) is 10.1 Å². The smallest absolute Gasteiger partial charge is 0.319 e. The summed E-state index contributed by atoms with van der Waals surface area (Å²) in [6.45, 7) is 0.189. The number of hydrogen-bond donors (Lipinski definition) is 3. The van der Waals surface area contributed by atoms with E-state index in [0.717, 1.165) is 5.76 Å². The van der Waals surface area contributed by atoms with E-state index in [9.17, 15) is 20.0 Å². The Morgan fingerprint density at radius 3 is 2.61 bits per heavy atom. The normalized spacial score (nSPS) is 11.7. The molecule has 23 heavy (non-hydrogen) atoms. The van der Waals surface area contributed by atoms with Crippen LogP contribution in [0.2, 0.25) is 0 Å². The first-order valence-electron chi connectivity index (χ1n) is 7.01. The number of hydrogen-bond acceptors (Lipinski definition) is 5. The van der Waals surface area contributed by atoms with Crippen LogP contribution in [0.3, 0.4) is 0 Å². The highest BCUT2D eigenvalue weighted by Crippen LogP contribution is 2.15. The number of nitrogens with one attached hydrogen (secondary N) is 2. The molecular formula is C15H17N3O5. The maximum Gasteiger partial charge on any atom is 0.319 e. The zero-order valence-electron chi connectivity index (χ0n) is 12.3. The molecule has 1 heterocycles. The molecule has 122 valence electrons. The molecule has 0 unspecified atom stereocenters. The van der Waals surface area contributed by atoms with Crippen LogP contribution in [-0.4, -0.2) is 29.2 Å². The number of amides is 2. The summed E-state index contributed by atoms with van der Waals surface area (Å²) in [6.07, 6.45) is 2.07. The fourth-order valence-electron chi connectivity index (χ4n) is 1.99. The number of rotatable bonds is 7. The van der Waals surface area contributed by atoms with Gasteiger partial charge in [-0.2, -0.15) is 0 Å². The van der Waals surface area contributed by atoms with Crippen LogP contribution in [-0.2, 0) is 6.42 Å². The second-order valence-corrected chi connectivity index (χ2v) is 4.97. The molecule has 2 aromatic rings. The molecule has 0 aliphatic heterocycles. The van der Waals surface area contributed by atoms with Crippen LogP contribution < -0.4 is 10.6 Å². The highest BCUT2D eigenvalue weighted by Gasteiger charge is 2.12. The predicted molar refractivity (Wildman–Crippen MR) is 83.1 cm³/mol. The summed E-state index contributed by atoms with van der Waals surface area (Å²) in [5.41, 5.74) is 0.398. The van der Waals surface area contributed by atoms with Crippen molar-refractivity contribution >= 4 is 17.4 Å². The number of aliphatic hydroxyl groups excluding tert-OH is 1. The van der Waals surface area contributed by atoms with E-state index in [1.807, 2.05) is 0 Å². The number of urea groups is 1. The quantitative estimate of drug-likeness (QED) is 0.534. The van der Waals surface area contributed by atoms with Crippen LogP contribution in [0.4, 0.5) is 16.2 Å². The van der Waals surface area contributed by atoms with Crippen molar-refractivity contribution < 1.29 is 19.2 Å². The maximum absolute atomic E-state index is 11.8. The molecule has 0 saturated carbocycles. The van der Waals surface area contributed by atoms with E-state index in [4.69, 9.17) is 4.42 Å². The van der Waals surface area contributed by atoms with E-state index >= 15 is 0 Å². The number of carbonyl (C=O) groups excluding carboxylic acids is 1. The first kappa shape index (κ1) is 16.5. The molecule has 8 nitrogen and oxygen atoms in total. The third-order valence-corrected chi connectivity index (χ3v) is 3.22. The van der Waals surface area contributed by atoms with E-state index in [1.54, 1.807) is 18.4 Å². The Bertz CT molecular complexity index is 640. The number of carbonyl (C=O) groups is 1. The van der Waals surface area contributed by atoms with Crippen molar-refractivity contribution in [1.29, 1.82) is 0 Å². The van der Waals surface area contributed by atoms with Gasteiger partial charge in [0.05, 0.1) is 11.2 Å². The first-order valence-corrected chi connectivity index (χ1v) is 7.01. The summed E-state index contributed by atoms with van der Waals surface area (Å²) < 4.78 is 5.20. The lowest BCUT2D eigenvalue weighted by atomic mass is 10.1. The highest BCUT2D eigenvalue weighted by molar-refractivity contribution is 5.89. The van der Waals surface area contributed by atoms with Crippen LogP contribution in [0, 0.1) is 16.0 Å². The van der Waals surface area contributed by atoms with Gasteiger partial charge >= 0.3 is 6.03 Å². The summed E-state index contributed by atoms with van der Waals surface area (Å²) in [7, 11) is 0. The Balaban J connectivity index is 1.80. The molecule has 2 rings (SSSR count). The third kappa shape index (κ3) is 5.11. The van der Waals surface area contributed by atoms with Crippen molar-refractivity contribution in [3.63, 3.8) is 0 Å². The summed E-state index contributed by atoms with van der Waals surface area (Å²) >= 11 is 0. The molecule has 1 atom stereocenters. The van der Waals surface area contributed by atoms with Crippen LogP contribution in [0.1, 0.15) is 5.76 Å². The van der Waals surface area contributed by atoms with E-state index in [0.29, 0.717) is 12.1 Å². The van der Waals surface area contributed by atoms with Crippen molar-refractivity contribution in [3.8, 4) is 0 Å². The topological polar surface area (TPSA) is 118 Å². The van der Waals surface area contributed by atoms with Crippen LogP contribution >= 0.6 is 0 Å². The lowest BCUT2D eigenvalue weighted by molar-refractivity contribution is -0.384. The number of aliphatic hydroxyl groups is 1. The van der Waals surface area contributed by atoms with Crippen LogP contribution in [0.15, 0.2) is 47.1 Å². The minimum atomic E-state index is -0.510. The second kappa shape index (κ2) is 7.95. The van der Waals surface area contributed by atoms with Crippen LogP contribution in [0.5, 0.6) is 0 Å². The van der Waals surface area contributed by atoms with Gasteiger partial charge in [0.2, 0.25) is 0 Å². The largest absolute Gasteiger partial charge is 0.469 e. The van der Waals surface area contributed by atoms with E-state index in [2.05, 4.69) is 10.6 Å². The Hall–Kier alpha value is -2.87. The summed E-state index contributed by atoms with van der Waals surface area (Å²) in [6, 6.07) is 8.63. The summed E-state index contributed by atoms with van der Waals surface area (Å²) in [5, 5.41) is 25.1. The second-order valence-electron chi connectivity index (χ2n) is 4.97. The molecule has 0 aliphatic rings. The van der Waals surface area contributed by atoms with Crippen molar-refractivity contribution in [2.24, 2.45) is 5.92 Å². The average Bonchev–Trinajstić information content (AvgIpc) is 3.05. The Kier molecular flexibility index (Phi) is 5.70. The predicted octanol–water partition coefficient (Wildman–Crippen LogP) is 2.16. The molecule has 0 saturated heterocycles. The van der Waals surface area contributed by atoms with E-state index in [1.165, 1.54) is 24.3 Å². The molecule has 8 heteroatoms. The number of benzene rings is 1. The monoisotopic (exact) mass is 319 g/mol. The molecule has 0 aliphatic carbocycles. The molecule has 1 aromatic carbocycles. The number of anilines is 1. The molecule has 3 N–H and O–H groups in total. The van der Waals surface area contributed by atoms with Crippen molar-refractivity contribution in [2.75, 3.05) is 18.5 Å². The Morgan fingerprint density at radius 2 is 2.04 bits per heavy atom. The van der Waals surface area contributed by atoms with Gasteiger partial charge < -0.3 is 20.2 Å². The average molecular weight is 319 g/mol. The first-order chi connectivity index (χ1) is 11.1. The summed E-state index contributed by atoms with van der Waals surface area (Å²) in [4.78, 5) is 21.8. The number of furan rings is 1. The maximum atomic E-state index is 11.8. The van der Waals surface area contributed by atoms with Gasteiger partial charge in [-0.25, -0.2) is 4.79 Å². The Labute approximate surface area is 132 Å². The van der Waals surface area contributed by atoms with Gasteiger partial charge in [-0.1, -0.05) is 0 Å². The zero-order valence-corrected chi connectivity index (χ0v) is 12.3. The summed E-state index contributed by atoms with van der Waals surface area (Å²) in [5.74, 6) is 0.574. The standard InChI is InChI=1S/C15H17N3O5/c19-10-11(8-14-2-1-7-23-14)9-16-15(20)17-12-3-5-13(6-4-12)18(21)22/h1-7,11,19H,8-10H2,(H2,16,17,20)/t11-/m1/s1. The van der Waals surface area contributed by atoms with Gasteiger partial charge in [0.25, 0.3) is 5.69 Å². The minimum absolute atomic E-state index is 0.0465. The fraction of sp³-hybridized carbons (Fsp3) is 0.267. The van der Waals surface area contributed by atoms with Crippen molar-refractivity contribution in [2.45, 2.75) is 6.42 Å². The molecule has 2 amide bonds. The number of non-ortho nitro benzene ring substituents is 1. The lowest BCUT2D eigenvalue weighted by Crippen LogP contribution is -2.34. The lowest BCUT2D eigenvalue weighted by Gasteiger charge is -2.14. The minimum Gasteiger partial charge on any atom is -0.469 e. The van der Waals surface area contributed by atoms with Crippen LogP contribution in [0.25, 0.3) is 0 Å². The molecule has 0 spiro atoms. The zero-order chi connectivity index (χ0) is 16.7. The molecule has 1 aromatic heterocycles. The van der Waals surface area contributed by atoms with Crippen molar-refractivity contribution in [1.82, 2.24) is 5.32 Å². The molecule has 0 radical (unpaired) electrons. The van der Waals surface area contributed by atoms with E-state index < -0.39 is 11.0 Å². The fourth-order valence-corrected chi connectivity index (χ4v) is 1.99. The number of nitro benzene ring substituents is 1.